The predicted octanol–water partition coefficient (Wildman–Crippen LogP) is 10.8. The van der Waals surface area contributed by atoms with Gasteiger partial charge in [0.2, 0.25) is 0 Å². The molecule has 0 fully saturated rings. The highest BCUT2D eigenvalue weighted by molar-refractivity contribution is 6.54. The van der Waals surface area contributed by atoms with E-state index in [1.54, 1.807) is 0 Å². The maximum atomic E-state index is 6.51. The van der Waals surface area contributed by atoms with Crippen LogP contribution in [-0.4, -0.2) is 21.0 Å². The molecule has 0 radical (unpaired) electrons. The first kappa shape index (κ1) is 29.8. The van der Waals surface area contributed by atoms with Crippen molar-refractivity contribution in [2.75, 3.05) is 0 Å². The average Bonchev–Trinajstić information content (AvgIpc) is 3.75. The lowest BCUT2D eigenvalue weighted by molar-refractivity contribution is 0.409. The summed E-state index contributed by atoms with van der Waals surface area (Å²) in [4.78, 5) is 16.8. The standard InChI is InChI=1S/C42H28Cl2N4/c43-35-25-21-33(22-26-35)41-45-39(31-17-9-3-10-18-31)40(32-19-11-4-12-20-32)48(41)42(34-23-27-36(44)28-24-34)46-37(29-13-5-1-6-14-29)38(47-42)30-15-7-2-8-16-30/h1-28H. The fourth-order valence-corrected chi connectivity index (χ4v) is 6.50. The molecular weight excluding hydrogens is 631 g/mol. The van der Waals surface area contributed by atoms with Crippen molar-refractivity contribution in [2.45, 2.75) is 5.79 Å². The maximum absolute atomic E-state index is 6.51. The van der Waals surface area contributed by atoms with E-state index in [0.29, 0.717) is 15.9 Å². The van der Waals surface area contributed by atoms with Crippen molar-refractivity contribution in [2.24, 2.45) is 9.98 Å². The van der Waals surface area contributed by atoms with Gasteiger partial charge in [-0.1, -0.05) is 157 Å². The summed E-state index contributed by atoms with van der Waals surface area (Å²) in [7, 11) is 0. The number of nitrogens with zero attached hydrogens (tertiary/aromatic N) is 4. The van der Waals surface area contributed by atoms with E-state index in [0.717, 1.165) is 56.2 Å². The van der Waals surface area contributed by atoms with Crippen LogP contribution in [0.5, 0.6) is 0 Å². The molecular formula is C42H28Cl2N4. The van der Waals surface area contributed by atoms with Gasteiger partial charge in [-0.3, -0.25) is 4.57 Å². The second-order valence-corrected chi connectivity index (χ2v) is 12.4. The SMILES string of the molecule is Clc1ccc(-c2nc(-c3ccccc3)c(-c3ccccc3)n2C2(c3ccc(Cl)cc3)N=C(c3ccccc3)C(c3ccccc3)=N2)cc1. The van der Waals surface area contributed by atoms with Gasteiger partial charge in [-0.15, -0.1) is 0 Å². The van der Waals surface area contributed by atoms with Crippen molar-refractivity contribution in [3.63, 3.8) is 0 Å². The molecule has 4 nitrogen and oxygen atoms in total. The van der Waals surface area contributed by atoms with Crippen molar-refractivity contribution in [1.29, 1.82) is 0 Å². The van der Waals surface area contributed by atoms with Crippen LogP contribution in [0.15, 0.2) is 180 Å². The number of imidazole rings is 1. The number of hydrogen-bond donors (Lipinski definition) is 0. The van der Waals surface area contributed by atoms with Gasteiger partial charge in [-0.25, -0.2) is 15.0 Å². The first-order valence-corrected chi connectivity index (χ1v) is 16.4. The number of aliphatic imine (C=N–C) groups is 2. The summed E-state index contributed by atoms with van der Waals surface area (Å²) in [6.45, 7) is 0. The zero-order valence-corrected chi connectivity index (χ0v) is 27.2. The van der Waals surface area contributed by atoms with E-state index in [1.165, 1.54) is 0 Å². The second-order valence-electron chi connectivity index (χ2n) is 11.5. The lowest BCUT2D eigenvalue weighted by Crippen LogP contribution is -2.31. The van der Waals surface area contributed by atoms with E-state index >= 15 is 0 Å². The summed E-state index contributed by atoms with van der Waals surface area (Å²) in [5, 5.41) is 1.27. The highest BCUT2D eigenvalue weighted by atomic mass is 35.5. The number of rotatable bonds is 7. The third-order valence-corrected chi connectivity index (χ3v) is 8.98. The van der Waals surface area contributed by atoms with Gasteiger partial charge < -0.3 is 0 Å². The Labute approximate surface area is 289 Å². The van der Waals surface area contributed by atoms with Gasteiger partial charge in [0.15, 0.2) is 0 Å². The monoisotopic (exact) mass is 658 g/mol. The first-order chi connectivity index (χ1) is 23.6. The molecule has 0 saturated heterocycles. The van der Waals surface area contributed by atoms with Crippen LogP contribution in [0.4, 0.5) is 0 Å². The van der Waals surface area contributed by atoms with Gasteiger partial charge in [0.25, 0.3) is 5.79 Å². The Kier molecular flexibility index (Phi) is 7.81. The van der Waals surface area contributed by atoms with Crippen LogP contribution in [0.3, 0.4) is 0 Å². The molecule has 230 valence electrons. The minimum absolute atomic E-state index is 0.628. The van der Waals surface area contributed by atoms with E-state index in [9.17, 15) is 0 Å². The van der Waals surface area contributed by atoms with Crippen LogP contribution < -0.4 is 0 Å². The first-order valence-electron chi connectivity index (χ1n) is 15.7. The minimum atomic E-state index is -1.30. The Morgan fingerprint density at radius 2 is 0.833 bits per heavy atom. The highest BCUT2D eigenvalue weighted by Gasteiger charge is 2.45. The number of aromatic nitrogens is 2. The van der Waals surface area contributed by atoms with E-state index < -0.39 is 5.79 Å². The summed E-state index contributed by atoms with van der Waals surface area (Å²) in [5.74, 6) is -0.602. The molecule has 6 aromatic carbocycles. The zero-order chi connectivity index (χ0) is 32.5. The molecule has 1 aliphatic heterocycles. The van der Waals surface area contributed by atoms with Crippen molar-refractivity contribution in [1.82, 2.24) is 9.55 Å². The predicted molar refractivity (Wildman–Crippen MR) is 198 cm³/mol. The maximum Gasteiger partial charge on any atom is 0.261 e. The minimum Gasteiger partial charge on any atom is -0.275 e. The summed E-state index contributed by atoms with van der Waals surface area (Å²) in [6.07, 6.45) is 0. The Bertz CT molecular complexity index is 2210. The molecule has 0 saturated carbocycles. The van der Waals surface area contributed by atoms with Crippen LogP contribution in [-0.2, 0) is 5.79 Å². The molecule has 0 N–H and O–H groups in total. The normalized spacial score (nSPS) is 13.6. The fourth-order valence-electron chi connectivity index (χ4n) is 6.24. The molecule has 1 aliphatic rings. The summed E-state index contributed by atoms with van der Waals surface area (Å²) >= 11 is 12.9. The molecule has 0 unspecified atom stereocenters. The van der Waals surface area contributed by atoms with Crippen molar-refractivity contribution in [3.8, 4) is 33.9 Å². The van der Waals surface area contributed by atoms with Crippen molar-refractivity contribution in [3.05, 3.63) is 197 Å². The summed E-state index contributed by atoms with van der Waals surface area (Å²) in [6, 6.07) is 56.6. The largest absolute Gasteiger partial charge is 0.275 e. The molecule has 1 aromatic heterocycles. The fraction of sp³-hybridized carbons (Fsp3) is 0.0238. The van der Waals surface area contributed by atoms with Crippen molar-refractivity contribution >= 4 is 34.6 Å². The Hall–Kier alpha value is -5.55. The molecule has 8 rings (SSSR count). The quantitative estimate of drug-likeness (QED) is 0.168. The molecule has 6 heteroatoms. The van der Waals surface area contributed by atoms with Crippen molar-refractivity contribution < 1.29 is 0 Å². The van der Waals surface area contributed by atoms with Gasteiger partial charge in [-0.2, -0.15) is 0 Å². The van der Waals surface area contributed by atoms with E-state index in [1.807, 2.05) is 121 Å². The average molecular weight is 660 g/mol. The van der Waals surface area contributed by atoms with Crippen LogP contribution in [0.1, 0.15) is 16.7 Å². The lowest BCUT2D eigenvalue weighted by Gasteiger charge is -2.30. The summed E-state index contributed by atoms with van der Waals surface area (Å²) < 4.78 is 2.19. The van der Waals surface area contributed by atoms with Gasteiger partial charge in [-0.05, 0) is 36.4 Å². The summed E-state index contributed by atoms with van der Waals surface area (Å²) in [5.41, 5.74) is 8.90. The van der Waals surface area contributed by atoms with E-state index in [2.05, 4.69) is 53.1 Å². The number of benzene rings is 6. The van der Waals surface area contributed by atoms with Gasteiger partial charge in [0, 0.05) is 43.4 Å². The Morgan fingerprint density at radius 3 is 1.31 bits per heavy atom. The number of hydrogen-bond acceptors (Lipinski definition) is 3. The Balaban J connectivity index is 1.56. The van der Waals surface area contributed by atoms with Crippen LogP contribution in [0.2, 0.25) is 10.0 Å². The van der Waals surface area contributed by atoms with Gasteiger partial charge in [0.05, 0.1) is 22.8 Å². The van der Waals surface area contributed by atoms with Crippen LogP contribution in [0, 0.1) is 0 Å². The topological polar surface area (TPSA) is 42.5 Å². The van der Waals surface area contributed by atoms with E-state index in [-0.39, 0.29) is 0 Å². The number of halogens is 2. The van der Waals surface area contributed by atoms with E-state index in [4.69, 9.17) is 38.2 Å². The lowest BCUT2D eigenvalue weighted by atomic mass is 10.0. The molecule has 0 atom stereocenters. The molecule has 7 aromatic rings. The van der Waals surface area contributed by atoms with Gasteiger partial charge in [0.1, 0.15) is 5.82 Å². The highest BCUT2D eigenvalue weighted by Crippen LogP contribution is 2.46. The zero-order valence-electron chi connectivity index (χ0n) is 25.7. The van der Waals surface area contributed by atoms with Gasteiger partial charge >= 0.3 is 0 Å². The molecule has 0 bridgehead atoms. The molecule has 0 aliphatic carbocycles. The van der Waals surface area contributed by atoms with Crippen LogP contribution >= 0.6 is 23.2 Å². The third kappa shape index (κ3) is 5.35. The molecule has 2 heterocycles. The smallest absolute Gasteiger partial charge is 0.261 e. The molecule has 0 amide bonds. The third-order valence-electron chi connectivity index (χ3n) is 8.47. The molecule has 48 heavy (non-hydrogen) atoms. The van der Waals surface area contributed by atoms with Crippen LogP contribution in [0.25, 0.3) is 33.9 Å². The second kappa shape index (κ2) is 12.6. The Morgan fingerprint density at radius 1 is 0.417 bits per heavy atom. The molecule has 0 spiro atoms.